The van der Waals surface area contributed by atoms with Gasteiger partial charge < -0.3 is 0 Å². The molecule has 0 saturated carbocycles. The molecule has 0 aliphatic carbocycles. The van der Waals surface area contributed by atoms with Crippen LogP contribution in [0.1, 0.15) is 10.4 Å². The molecule has 0 unspecified atom stereocenters. The second-order valence-electron chi connectivity index (χ2n) is 7.41. The van der Waals surface area contributed by atoms with E-state index in [1.54, 1.807) is 47.7 Å². The smallest absolute Gasteiger partial charge is 0.244 e. The van der Waals surface area contributed by atoms with Crippen LogP contribution in [0.25, 0.3) is 20.8 Å². The number of sulfonamides is 1. The van der Waals surface area contributed by atoms with E-state index in [0.717, 1.165) is 25.7 Å². The molecule has 0 aliphatic heterocycles. The van der Waals surface area contributed by atoms with Crippen LogP contribution in [0.4, 0.5) is 5.13 Å². The van der Waals surface area contributed by atoms with Gasteiger partial charge in [0, 0.05) is 21.7 Å². The zero-order chi connectivity index (χ0) is 23.0. The van der Waals surface area contributed by atoms with Crippen LogP contribution in [0.3, 0.4) is 0 Å². The fourth-order valence-electron chi connectivity index (χ4n) is 3.38. The number of anilines is 1. The molecule has 2 aromatic heterocycles. The maximum absolute atomic E-state index is 13.8. The molecule has 5 rings (SSSR count). The van der Waals surface area contributed by atoms with Crippen LogP contribution in [-0.2, 0) is 16.6 Å². The van der Waals surface area contributed by atoms with Crippen molar-refractivity contribution < 1.29 is 8.42 Å². The van der Waals surface area contributed by atoms with Crippen LogP contribution in [0.15, 0.2) is 83.9 Å². The molecule has 0 N–H and O–H groups in total. The van der Waals surface area contributed by atoms with Crippen molar-refractivity contribution in [2.24, 2.45) is 0 Å². The van der Waals surface area contributed by atoms with Gasteiger partial charge in [-0.15, -0.1) is 11.3 Å². The number of benzene rings is 3. The molecule has 0 radical (unpaired) electrons. The topological polar surface area (TPSA) is 63.2 Å². The Morgan fingerprint density at radius 1 is 0.970 bits per heavy atom. The van der Waals surface area contributed by atoms with E-state index in [1.165, 1.54) is 15.6 Å². The van der Waals surface area contributed by atoms with E-state index >= 15 is 0 Å². The van der Waals surface area contributed by atoms with Gasteiger partial charge in [0.1, 0.15) is 5.01 Å². The molecule has 0 amide bonds. The summed E-state index contributed by atoms with van der Waals surface area (Å²) in [4.78, 5) is 10.3. The van der Waals surface area contributed by atoms with Gasteiger partial charge in [-0.1, -0.05) is 65.4 Å². The summed E-state index contributed by atoms with van der Waals surface area (Å²) in [6.45, 7) is 2.16. The number of halogens is 1. The van der Waals surface area contributed by atoms with Gasteiger partial charge in [0.05, 0.1) is 21.7 Å². The summed E-state index contributed by atoms with van der Waals surface area (Å²) in [5.41, 5.74) is 2.43. The summed E-state index contributed by atoms with van der Waals surface area (Å²) in [6, 6.07) is 21.7. The quantitative estimate of drug-likeness (QED) is 0.252. The predicted molar refractivity (Wildman–Crippen MR) is 137 cm³/mol. The van der Waals surface area contributed by atoms with Crippen LogP contribution in [0.2, 0.25) is 5.02 Å². The van der Waals surface area contributed by atoms with E-state index in [2.05, 4.69) is 9.97 Å². The second-order valence-corrected chi connectivity index (χ2v) is 11.9. The molecule has 9 heteroatoms. The zero-order valence-electron chi connectivity index (χ0n) is 17.5. The summed E-state index contributed by atoms with van der Waals surface area (Å²) in [5, 5.41) is 1.82. The maximum atomic E-state index is 13.8. The first-order valence-electron chi connectivity index (χ1n) is 10.1. The van der Waals surface area contributed by atoms with Crippen molar-refractivity contribution in [3.05, 3.63) is 94.5 Å². The highest BCUT2D eigenvalue weighted by Crippen LogP contribution is 2.35. The molecule has 0 atom stereocenters. The lowest BCUT2D eigenvalue weighted by molar-refractivity contribution is 0.590. The highest BCUT2D eigenvalue weighted by atomic mass is 35.5. The van der Waals surface area contributed by atoms with Gasteiger partial charge in [0.2, 0.25) is 5.13 Å². The molecular weight excluding hydrogens is 494 g/mol. The molecule has 2 heterocycles. The Bertz CT molecular complexity index is 1530. The monoisotopic (exact) mass is 511 g/mol. The Morgan fingerprint density at radius 2 is 1.73 bits per heavy atom. The van der Waals surface area contributed by atoms with E-state index in [4.69, 9.17) is 11.6 Å². The van der Waals surface area contributed by atoms with E-state index < -0.39 is 10.0 Å². The largest absolute Gasteiger partial charge is 0.266 e. The molecule has 3 aromatic carbocycles. The average molecular weight is 512 g/mol. The van der Waals surface area contributed by atoms with Gasteiger partial charge in [-0.3, -0.25) is 0 Å². The fraction of sp³-hybridized carbons (Fsp3) is 0.0833. The lowest BCUT2D eigenvalue weighted by atomic mass is 10.2. The van der Waals surface area contributed by atoms with Crippen LogP contribution < -0.4 is 4.31 Å². The number of thiazole rings is 2. The number of hydrogen-bond acceptors (Lipinski definition) is 6. The maximum Gasteiger partial charge on any atom is 0.266 e. The molecule has 166 valence electrons. The summed E-state index contributed by atoms with van der Waals surface area (Å²) in [7, 11) is -3.87. The van der Waals surface area contributed by atoms with Crippen molar-refractivity contribution >= 4 is 59.6 Å². The van der Waals surface area contributed by atoms with E-state index in [-0.39, 0.29) is 11.4 Å². The summed E-state index contributed by atoms with van der Waals surface area (Å²) in [6.07, 6.45) is 1.81. The van der Waals surface area contributed by atoms with Gasteiger partial charge >= 0.3 is 0 Å². The minimum atomic E-state index is -3.87. The molecule has 0 bridgehead atoms. The van der Waals surface area contributed by atoms with Crippen LogP contribution >= 0.6 is 34.3 Å². The highest BCUT2D eigenvalue weighted by molar-refractivity contribution is 7.93. The van der Waals surface area contributed by atoms with Crippen LogP contribution in [-0.4, -0.2) is 18.4 Å². The van der Waals surface area contributed by atoms with Crippen LogP contribution in [0, 0.1) is 6.92 Å². The van der Waals surface area contributed by atoms with E-state index in [0.29, 0.717) is 15.7 Å². The predicted octanol–water partition coefficient (Wildman–Crippen LogP) is 6.78. The standard InChI is InChI=1S/C24H18ClN3O2S3/c1-16-14-26-23(31-16)18-7-10-20(11-8-18)33(29,30)28(15-17-5-3-2-4-6-17)24-27-21-13-19(25)9-12-22(21)32-24/h2-14H,15H2,1H3. The molecule has 33 heavy (non-hydrogen) atoms. The summed E-state index contributed by atoms with van der Waals surface area (Å²) < 4.78 is 29.8. The van der Waals surface area contributed by atoms with Crippen LogP contribution in [0.5, 0.6) is 0 Å². The Hall–Kier alpha value is -2.78. The Morgan fingerprint density at radius 3 is 2.42 bits per heavy atom. The molecule has 0 fully saturated rings. The summed E-state index contributed by atoms with van der Waals surface area (Å²) >= 11 is 9.02. The fourth-order valence-corrected chi connectivity index (χ4v) is 6.88. The minimum Gasteiger partial charge on any atom is -0.244 e. The van der Waals surface area contributed by atoms with Crippen molar-refractivity contribution in [1.29, 1.82) is 0 Å². The van der Waals surface area contributed by atoms with Gasteiger partial charge in [-0.25, -0.2) is 22.7 Å². The van der Waals surface area contributed by atoms with Gasteiger partial charge in [0.15, 0.2) is 0 Å². The summed E-state index contributed by atoms with van der Waals surface area (Å²) in [5.74, 6) is 0. The first kappa shape index (κ1) is 22.0. The third-order valence-electron chi connectivity index (χ3n) is 5.03. The van der Waals surface area contributed by atoms with Crippen molar-refractivity contribution in [3.63, 3.8) is 0 Å². The zero-order valence-corrected chi connectivity index (χ0v) is 20.7. The van der Waals surface area contributed by atoms with Gasteiger partial charge in [-0.2, -0.15) is 0 Å². The Balaban J connectivity index is 1.57. The first-order chi connectivity index (χ1) is 15.9. The van der Waals surface area contributed by atoms with Crippen molar-refractivity contribution in [2.45, 2.75) is 18.4 Å². The average Bonchev–Trinajstić information content (AvgIpc) is 3.44. The molecular formula is C24H18ClN3O2S3. The third-order valence-corrected chi connectivity index (χ3v) is 9.15. The van der Waals surface area contributed by atoms with E-state index in [9.17, 15) is 8.42 Å². The molecule has 0 spiro atoms. The van der Waals surface area contributed by atoms with Crippen molar-refractivity contribution in [2.75, 3.05) is 4.31 Å². The Kier molecular flexibility index (Phi) is 5.92. The number of fused-ring (bicyclic) bond motifs is 1. The highest BCUT2D eigenvalue weighted by Gasteiger charge is 2.28. The molecule has 5 nitrogen and oxygen atoms in total. The third kappa shape index (κ3) is 4.52. The number of rotatable bonds is 6. The minimum absolute atomic E-state index is 0.171. The first-order valence-corrected chi connectivity index (χ1v) is 13.5. The lowest BCUT2D eigenvalue weighted by Crippen LogP contribution is -2.30. The molecule has 0 saturated heterocycles. The molecule has 0 aliphatic rings. The SMILES string of the molecule is Cc1cnc(-c2ccc(S(=O)(=O)N(Cc3ccccc3)c3nc4cc(Cl)ccc4s3)cc2)s1. The van der Waals surface area contributed by atoms with Crippen molar-refractivity contribution in [1.82, 2.24) is 9.97 Å². The normalized spacial score (nSPS) is 11.7. The second kappa shape index (κ2) is 8.87. The number of aromatic nitrogens is 2. The number of aryl methyl sites for hydroxylation is 1. The van der Waals surface area contributed by atoms with Crippen molar-refractivity contribution in [3.8, 4) is 10.6 Å². The Labute approximate surface area is 205 Å². The van der Waals surface area contributed by atoms with Gasteiger partial charge in [-0.05, 0) is 42.8 Å². The lowest BCUT2D eigenvalue weighted by Gasteiger charge is -2.22. The number of nitrogens with zero attached hydrogens (tertiary/aromatic N) is 3. The van der Waals surface area contributed by atoms with E-state index in [1.807, 2.05) is 49.5 Å². The number of hydrogen-bond donors (Lipinski definition) is 0. The molecule has 5 aromatic rings. The van der Waals surface area contributed by atoms with Gasteiger partial charge in [0.25, 0.3) is 10.0 Å².